The molecule has 2 rings (SSSR count). The topological polar surface area (TPSA) is 107 Å². The summed E-state index contributed by atoms with van der Waals surface area (Å²) < 4.78 is 4.97. The van der Waals surface area contributed by atoms with Crippen molar-refractivity contribution < 1.29 is 30.0 Å². The minimum Gasteiger partial charge on any atom is -0.504 e. The molecular formula is C14H16O6. The maximum absolute atomic E-state index is 11.6. The number of ether oxygens (including phenoxy) is 1. The second-order valence-electron chi connectivity index (χ2n) is 4.70. The monoisotopic (exact) mass is 280 g/mol. The highest BCUT2D eigenvalue weighted by Crippen LogP contribution is 2.26. The Morgan fingerprint density at radius 3 is 2.40 bits per heavy atom. The van der Waals surface area contributed by atoms with Crippen LogP contribution in [0.25, 0.3) is 6.08 Å². The zero-order chi connectivity index (χ0) is 14.7. The number of aromatic hydroxyl groups is 2. The molecule has 0 heterocycles. The number of aliphatic hydroxyl groups is 2. The molecule has 2 atom stereocenters. The van der Waals surface area contributed by atoms with Gasteiger partial charge in [-0.05, 0) is 36.6 Å². The summed E-state index contributed by atoms with van der Waals surface area (Å²) in [6.45, 7) is 0. The first-order valence-electron chi connectivity index (χ1n) is 6.24. The summed E-state index contributed by atoms with van der Waals surface area (Å²) in [5.74, 6) is -1.23. The van der Waals surface area contributed by atoms with Crippen LogP contribution in [0.15, 0.2) is 24.3 Å². The van der Waals surface area contributed by atoms with Crippen molar-refractivity contribution in [1.29, 1.82) is 0 Å². The Balaban J connectivity index is 1.97. The van der Waals surface area contributed by atoms with E-state index in [1.807, 2.05) is 0 Å². The van der Waals surface area contributed by atoms with Crippen molar-refractivity contribution in [2.75, 3.05) is 0 Å². The molecule has 0 spiro atoms. The van der Waals surface area contributed by atoms with Gasteiger partial charge in [-0.25, -0.2) is 4.79 Å². The smallest absolute Gasteiger partial charge is 0.331 e. The van der Waals surface area contributed by atoms with E-state index in [-0.39, 0.29) is 11.5 Å². The standard InChI is InChI=1S/C14H16O6/c15-9-3-1-8(7-12(9)18)2-6-13(19)20-14-10(16)4-5-11(14)17/h1-3,6-7,10-11,14-18H,4-5H2/b6-2+. The van der Waals surface area contributed by atoms with Crippen LogP contribution in [0, 0.1) is 0 Å². The molecule has 0 amide bonds. The van der Waals surface area contributed by atoms with E-state index < -0.39 is 24.3 Å². The summed E-state index contributed by atoms with van der Waals surface area (Å²) in [5.41, 5.74) is 0.504. The van der Waals surface area contributed by atoms with Crippen LogP contribution in [0.3, 0.4) is 0 Å². The van der Waals surface area contributed by atoms with E-state index >= 15 is 0 Å². The number of hydrogen-bond acceptors (Lipinski definition) is 6. The van der Waals surface area contributed by atoms with Crippen LogP contribution in [-0.4, -0.2) is 44.7 Å². The zero-order valence-corrected chi connectivity index (χ0v) is 10.6. The molecule has 0 bridgehead atoms. The summed E-state index contributed by atoms with van der Waals surface area (Å²) in [6, 6.07) is 4.10. The van der Waals surface area contributed by atoms with Crippen LogP contribution in [-0.2, 0) is 9.53 Å². The van der Waals surface area contributed by atoms with Crippen LogP contribution >= 0.6 is 0 Å². The average Bonchev–Trinajstić information content (AvgIpc) is 2.72. The molecule has 1 aromatic rings. The minimum atomic E-state index is -0.902. The molecule has 20 heavy (non-hydrogen) atoms. The molecule has 1 aliphatic carbocycles. The summed E-state index contributed by atoms with van der Waals surface area (Å²) in [6.07, 6.45) is 0.725. The van der Waals surface area contributed by atoms with Crippen LogP contribution < -0.4 is 0 Å². The van der Waals surface area contributed by atoms with Gasteiger partial charge >= 0.3 is 5.97 Å². The quantitative estimate of drug-likeness (QED) is 0.366. The van der Waals surface area contributed by atoms with E-state index in [2.05, 4.69) is 0 Å². The van der Waals surface area contributed by atoms with Gasteiger partial charge in [0.05, 0.1) is 12.2 Å². The molecule has 6 nitrogen and oxygen atoms in total. The van der Waals surface area contributed by atoms with E-state index in [0.29, 0.717) is 18.4 Å². The Hall–Kier alpha value is -2.05. The van der Waals surface area contributed by atoms with Crippen molar-refractivity contribution in [2.24, 2.45) is 0 Å². The van der Waals surface area contributed by atoms with Gasteiger partial charge in [0.25, 0.3) is 0 Å². The molecule has 2 unspecified atom stereocenters. The van der Waals surface area contributed by atoms with Crippen molar-refractivity contribution in [3.05, 3.63) is 29.8 Å². The molecule has 4 N–H and O–H groups in total. The first-order valence-corrected chi connectivity index (χ1v) is 6.24. The average molecular weight is 280 g/mol. The maximum Gasteiger partial charge on any atom is 0.331 e. The normalized spacial score (nSPS) is 26.0. The molecule has 108 valence electrons. The zero-order valence-electron chi connectivity index (χ0n) is 10.6. The molecular weight excluding hydrogens is 264 g/mol. The third-order valence-electron chi connectivity index (χ3n) is 3.18. The highest BCUT2D eigenvalue weighted by atomic mass is 16.6. The lowest BCUT2D eigenvalue weighted by Crippen LogP contribution is -2.33. The lowest BCUT2D eigenvalue weighted by Gasteiger charge is -2.17. The Kier molecular flexibility index (Phi) is 4.26. The number of carbonyl (C=O) groups excluding carboxylic acids is 1. The summed E-state index contributed by atoms with van der Waals surface area (Å²) >= 11 is 0. The predicted molar refractivity (Wildman–Crippen MR) is 69.9 cm³/mol. The summed E-state index contributed by atoms with van der Waals surface area (Å²) in [4.78, 5) is 11.6. The molecule has 0 radical (unpaired) electrons. The summed E-state index contributed by atoms with van der Waals surface area (Å²) in [5, 5.41) is 37.5. The van der Waals surface area contributed by atoms with Crippen molar-refractivity contribution in [1.82, 2.24) is 0 Å². The molecule has 6 heteroatoms. The Labute approximate surface area is 115 Å². The number of aliphatic hydroxyl groups excluding tert-OH is 2. The van der Waals surface area contributed by atoms with Crippen molar-refractivity contribution >= 4 is 12.0 Å². The number of carbonyl (C=O) groups is 1. The third kappa shape index (κ3) is 3.28. The SMILES string of the molecule is O=C(/C=C/c1ccc(O)c(O)c1)OC1C(O)CCC1O. The lowest BCUT2D eigenvalue weighted by molar-refractivity contribution is -0.153. The van der Waals surface area contributed by atoms with E-state index in [0.717, 1.165) is 6.08 Å². The maximum atomic E-state index is 11.6. The van der Waals surface area contributed by atoms with E-state index in [4.69, 9.17) is 9.84 Å². The lowest BCUT2D eigenvalue weighted by atomic mass is 10.2. The Morgan fingerprint density at radius 1 is 1.15 bits per heavy atom. The van der Waals surface area contributed by atoms with Gasteiger partial charge in [0, 0.05) is 6.08 Å². The van der Waals surface area contributed by atoms with Gasteiger partial charge in [0.2, 0.25) is 0 Å². The Morgan fingerprint density at radius 2 is 1.80 bits per heavy atom. The van der Waals surface area contributed by atoms with Crippen LogP contribution in [0.1, 0.15) is 18.4 Å². The fourth-order valence-electron chi connectivity index (χ4n) is 2.07. The second-order valence-corrected chi connectivity index (χ2v) is 4.70. The number of phenolic OH excluding ortho intramolecular Hbond substituents is 2. The van der Waals surface area contributed by atoms with Crippen LogP contribution in [0.5, 0.6) is 11.5 Å². The fraction of sp³-hybridized carbons (Fsp3) is 0.357. The van der Waals surface area contributed by atoms with Crippen LogP contribution in [0.2, 0.25) is 0 Å². The molecule has 1 aliphatic rings. The summed E-state index contributed by atoms with van der Waals surface area (Å²) in [7, 11) is 0. The second kappa shape index (κ2) is 5.94. The molecule has 1 saturated carbocycles. The first kappa shape index (κ1) is 14.4. The third-order valence-corrected chi connectivity index (χ3v) is 3.18. The van der Waals surface area contributed by atoms with E-state index in [9.17, 15) is 20.1 Å². The van der Waals surface area contributed by atoms with Gasteiger partial charge in [-0.1, -0.05) is 6.07 Å². The highest BCUT2D eigenvalue weighted by molar-refractivity contribution is 5.87. The fourth-order valence-corrected chi connectivity index (χ4v) is 2.07. The van der Waals surface area contributed by atoms with E-state index in [1.54, 1.807) is 0 Å². The number of rotatable bonds is 3. The van der Waals surface area contributed by atoms with Crippen LogP contribution in [0.4, 0.5) is 0 Å². The van der Waals surface area contributed by atoms with Gasteiger partial charge in [-0.2, -0.15) is 0 Å². The van der Waals surface area contributed by atoms with Gasteiger partial charge in [0.15, 0.2) is 17.6 Å². The molecule has 1 fully saturated rings. The Bertz CT molecular complexity index is 514. The number of esters is 1. The predicted octanol–water partition coefficient (Wildman–Crippen LogP) is 0.538. The van der Waals surface area contributed by atoms with Crippen molar-refractivity contribution in [2.45, 2.75) is 31.2 Å². The number of phenols is 2. The van der Waals surface area contributed by atoms with Gasteiger partial charge in [0.1, 0.15) is 0 Å². The van der Waals surface area contributed by atoms with Crippen molar-refractivity contribution in [3.63, 3.8) is 0 Å². The molecule has 0 aliphatic heterocycles. The molecule has 1 aromatic carbocycles. The molecule has 0 aromatic heterocycles. The van der Waals surface area contributed by atoms with E-state index in [1.165, 1.54) is 24.3 Å². The van der Waals surface area contributed by atoms with Gasteiger partial charge in [-0.3, -0.25) is 0 Å². The minimum absolute atomic E-state index is 0.248. The van der Waals surface area contributed by atoms with Crippen molar-refractivity contribution in [3.8, 4) is 11.5 Å². The van der Waals surface area contributed by atoms with Gasteiger partial charge < -0.3 is 25.2 Å². The largest absolute Gasteiger partial charge is 0.504 e. The number of hydrogen-bond donors (Lipinski definition) is 4. The first-order chi connectivity index (χ1) is 9.47. The highest BCUT2D eigenvalue weighted by Gasteiger charge is 2.36. The number of benzene rings is 1. The molecule has 0 saturated heterocycles. The van der Waals surface area contributed by atoms with Gasteiger partial charge in [-0.15, -0.1) is 0 Å².